The number of rotatable bonds is 2. The van der Waals surface area contributed by atoms with Gasteiger partial charge in [0.15, 0.2) is 0 Å². The number of hydrogen-bond donors (Lipinski definition) is 1. The van der Waals surface area contributed by atoms with E-state index >= 15 is 0 Å². The molecule has 2 bridgehead atoms. The van der Waals surface area contributed by atoms with Crippen molar-refractivity contribution in [3.8, 4) is 0 Å². The molecule has 0 radical (unpaired) electrons. The average molecular weight is 271 g/mol. The Balaban J connectivity index is 1.56. The third-order valence-corrected chi connectivity index (χ3v) is 5.07. The highest BCUT2D eigenvalue weighted by Gasteiger charge is 2.63. The van der Waals surface area contributed by atoms with Gasteiger partial charge in [0.1, 0.15) is 6.10 Å². The van der Waals surface area contributed by atoms with Crippen molar-refractivity contribution in [2.45, 2.75) is 25.9 Å². The lowest BCUT2D eigenvalue weighted by molar-refractivity contribution is -0.145. The number of fused-ring (bicyclic) bond motifs is 1. The minimum atomic E-state index is -0.205. The minimum Gasteiger partial charge on any atom is -0.462 e. The summed E-state index contributed by atoms with van der Waals surface area (Å²) in [4.78, 5) is 24.4. The van der Waals surface area contributed by atoms with Crippen LogP contribution in [0.2, 0.25) is 0 Å². The molecule has 4 heteroatoms. The lowest BCUT2D eigenvalue weighted by atomic mass is 9.79. The first-order chi connectivity index (χ1) is 9.63. The summed E-state index contributed by atoms with van der Waals surface area (Å²) < 4.78 is 5.37. The van der Waals surface area contributed by atoms with Crippen molar-refractivity contribution in [2.75, 3.05) is 5.32 Å². The predicted octanol–water partition coefficient (Wildman–Crippen LogP) is 2.13. The van der Waals surface area contributed by atoms with Crippen molar-refractivity contribution in [3.05, 3.63) is 29.8 Å². The molecule has 4 nitrogen and oxygen atoms in total. The van der Waals surface area contributed by atoms with Crippen LogP contribution in [0.5, 0.6) is 0 Å². The van der Waals surface area contributed by atoms with Gasteiger partial charge in [0.25, 0.3) is 0 Å². The summed E-state index contributed by atoms with van der Waals surface area (Å²) in [6, 6.07) is 7.74. The van der Waals surface area contributed by atoms with Crippen LogP contribution in [0.3, 0.4) is 0 Å². The summed E-state index contributed by atoms with van der Waals surface area (Å²) >= 11 is 0. The van der Waals surface area contributed by atoms with Crippen LogP contribution in [0.1, 0.15) is 18.4 Å². The van der Waals surface area contributed by atoms with E-state index < -0.39 is 0 Å². The van der Waals surface area contributed by atoms with Crippen LogP contribution in [-0.4, -0.2) is 18.0 Å². The van der Waals surface area contributed by atoms with Crippen molar-refractivity contribution >= 4 is 17.6 Å². The van der Waals surface area contributed by atoms with Crippen LogP contribution in [0, 0.1) is 30.6 Å². The molecule has 0 aromatic heterocycles. The third kappa shape index (κ3) is 1.60. The monoisotopic (exact) mass is 271 g/mol. The van der Waals surface area contributed by atoms with Gasteiger partial charge in [0.05, 0.1) is 11.8 Å². The first-order valence-electron chi connectivity index (χ1n) is 7.21. The van der Waals surface area contributed by atoms with E-state index in [1.165, 1.54) is 0 Å². The number of esters is 1. The Morgan fingerprint density at radius 2 is 2.20 bits per heavy atom. The second-order valence-corrected chi connectivity index (χ2v) is 6.28. The summed E-state index contributed by atoms with van der Waals surface area (Å²) in [5.74, 6) is -0.00266. The first-order valence-corrected chi connectivity index (χ1v) is 7.21. The minimum absolute atomic E-state index is 0.0228. The molecule has 1 heterocycles. The summed E-state index contributed by atoms with van der Waals surface area (Å²) in [5, 5.41) is 2.97. The molecule has 1 saturated heterocycles. The molecule has 104 valence electrons. The molecule has 3 fully saturated rings. The maximum atomic E-state index is 12.5. The Labute approximate surface area is 117 Å². The molecule has 2 aliphatic carbocycles. The van der Waals surface area contributed by atoms with Gasteiger partial charge in [-0.2, -0.15) is 0 Å². The van der Waals surface area contributed by atoms with Gasteiger partial charge >= 0.3 is 5.97 Å². The fourth-order valence-electron chi connectivity index (χ4n) is 4.31. The molecule has 4 rings (SSSR count). The second-order valence-electron chi connectivity index (χ2n) is 6.28. The number of benzene rings is 1. The molecule has 1 aliphatic heterocycles. The Hall–Kier alpha value is -1.84. The van der Waals surface area contributed by atoms with Gasteiger partial charge < -0.3 is 10.1 Å². The third-order valence-electron chi connectivity index (χ3n) is 5.07. The van der Waals surface area contributed by atoms with Crippen LogP contribution < -0.4 is 5.32 Å². The number of hydrogen-bond acceptors (Lipinski definition) is 3. The Morgan fingerprint density at radius 1 is 1.35 bits per heavy atom. The highest BCUT2D eigenvalue weighted by atomic mass is 16.6. The van der Waals surface area contributed by atoms with Gasteiger partial charge in [-0.05, 0) is 43.4 Å². The van der Waals surface area contributed by atoms with Crippen LogP contribution >= 0.6 is 0 Å². The SMILES string of the molecule is Cc1cccc(NC(=O)C2C3CC4OC(=O)C2C4C3)c1. The molecule has 3 aliphatic rings. The van der Waals surface area contributed by atoms with E-state index in [2.05, 4.69) is 5.32 Å². The van der Waals surface area contributed by atoms with Crippen LogP contribution in [-0.2, 0) is 14.3 Å². The number of nitrogens with one attached hydrogen (secondary N) is 1. The summed E-state index contributed by atoms with van der Waals surface area (Å²) in [7, 11) is 0. The van der Waals surface area contributed by atoms with Gasteiger partial charge in [-0.1, -0.05) is 12.1 Å². The predicted molar refractivity (Wildman–Crippen MR) is 72.9 cm³/mol. The molecule has 1 aromatic rings. The van der Waals surface area contributed by atoms with Crippen molar-refractivity contribution in [3.63, 3.8) is 0 Å². The van der Waals surface area contributed by atoms with Crippen LogP contribution in [0.4, 0.5) is 5.69 Å². The smallest absolute Gasteiger partial charge is 0.310 e. The number of amides is 1. The van der Waals surface area contributed by atoms with Gasteiger partial charge in [-0.3, -0.25) is 9.59 Å². The molecule has 1 N–H and O–H groups in total. The lowest BCUT2D eigenvalue weighted by Gasteiger charge is -2.23. The maximum Gasteiger partial charge on any atom is 0.310 e. The Kier molecular flexibility index (Phi) is 2.43. The van der Waals surface area contributed by atoms with E-state index in [-0.39, 0.29) is 35.7 Å². The molecular weight excluding hydrogens is 254 g/mol. The lowest BCUT2D eigenvalue weighted by Crippen LogP contribution is -2.35. The van der Waals surface area contributed by atoms with Crippen molar-refractivity contribution < 1.29 is 14.3 Å². The van der Waals surface area contributed by atoms with Crippen molar-refractivity contribution in [1.29, 1.82) is 0 Å². The normalized spacial score (nSPS) is 37.0. The highest BCUT2D eigenvalue weighted by molar-refractivity contribution is 5.97. The number of ether oxygens (including phenoxy) is 1. The van der Waals surface area contributed by atoms with E-state index in [4.69, 9.17) is 4.74 Å². The molecule has 1 aromatic carbocycles. The quantitative estimate of drug-likeness (QED) is 0.838. The fraction of sp³-hybridized carbons (Fsp3) is 0.500. The van der Waals surface area contributed by atoms with Crippen molar-refractivity contribution in [2.24, 2.45) is 23.7 Å². The van der Waals surface area contributed by atoms with Gasteiger partial charge in [0, 0.05) is 11.6 Å². The molecule has 20 heavy (non-hydrogen) atoms. The maximum absolute atomic E-state index is 12.5. The molecule has 0 spiro atoms. The first kappa shape index (κ1) is 11.9. The average Bonchev–Trinajstić information content (AvgIpc) is 2.99. The summed E-state index contributed by atoms with van der Waals surface area (Å²) in [6.45, 7) is 1.99. The Morgan fingerprint density at radius 3 is 3.00 bits per heavy atom. The summed E-state index contributed by atoms with van der Waals surface area (Å²) in [6.07, 6.45) is 1.91. The molecule has 5 unspecified atom stereocenters. The Bertz CT molecular complexity index is 595. The topological polar surface area (TPSA) is 55.4 Å². The number of anilines is 1. The van der Waals surface area contributed by atoms with Gasteiger partial charge in [0.2, 0.25) is 5.91 Å². The largest absolute Gasteiger partial charge is 0.462 e. The number of carbonyl (C=O) groups excluding carboxylic acids is 2. The second kappa shape index (κ2) is 4.08. The van der Waals surface area contributed by atoms with E-state index in [9.17, 15) is 9.59 Å². The van der Waals surface area contributed by atoms with E-state index in [0.717, 1.165) is 24.1 Å². The number of carbonyl (C=O) groups is 2. The zero-order chi connectivity index (χ0) is 13.9. The molecule has 1 amide bonds. The molecular formula is C16H17NO3. The van der Waals surface area contributed by atoms with Gasteiger partial charge in [-0.15, -0.1) is 0 Å². The van der Waals surface area contributed by atoms with E-state index in [1.807, 2.05) is 31.2 Å². The van der Waals surface area contributed by atoms with Crippen LogP contribution in [0.25, 0.3) is 0 Å². The molecule has 5 atom stereocenters. The standard InChI is InChI=1S/C16H17NO3/c1-8-3-2-4-10(5-8)17-15(18)13-9-6-11-12(7-9)20-16(19)14(11)13/h2-5,9,11-14H,6-7H2,1H3,(H,17,18). The summed E-state index contributed by atoms with van der Waals surface area (Å²) in [5.41, 5.74) is 1.91. The van der Waals surface area contributed by atoms with Crippen LogP contribution in [0.15, 0.2) is 24.3 Å². The highest BCUT2D eigenvalue weighted by Crippen LogP contribution is 2.57. The van der Waals surface area contributed by atoms with Gasteiger partial charge in [-0.25, -0.2) is 0 Å². The van der Waals surface area contributed by atoms with E-state index in [1.54, 1.807) is 0 Å². The number of aryl methyl sites for hydroxylation is 1. The van der Waals surface area contributed by atoms with Crippen molar-refractivity contribution in [1.82, 2.24) is 0 Å². The zero-order valence-electron chi connectivity index (χ0n) is 11.3. The zero-order valence-corrected chi connectivity index (χ0v) is 11.3. The molecule has 2 saturated carbocycles. The fourth-order valence-corrected chi connectivity index (χ4v) is 4.31. The van der Waals surface area contributed by atoms with E-state index in [0.29, 0.717) is 5.92 Å².